The van der Waals surface area contributed by atoms with Crippen molar-refractivity contribution in [2.24, 2.45) is 0 Å². The minimum absolute atomic E-state index is 0.230. The number of aromatic nitrogens is 1. The molecular weight excluding hydrogens is 368 g/mol. The first-order valence-electron chi connectivity index (χ1n) is 8.98. The average Bonchev–Trinajstić information content (AvgIpc) is 2.75. The number of nitrogens with zero attached hydrogens (tertiary/aromatic N) is 1. The van der Waals surface area contributed by atoms with Crippen LogP contribution in [0.15, 0.2) is 73.1 Å². The van der Waals surface area contributed by atoms with Crippen LogP contribution in [0.2, 0.25) is 0 Å². The number of nitrogen functional groups attached to an aromatic ring is 1. The minimum Gasteiger partial charge on any atom is -0.445 e. The lowest BCUT2D eigenvalue weighted by Crippen LogP contribution is -2.23. The van der Waals surface area contributed by atoms with E-state index in [-0.39, 0.29) is 6.61 Å². The highest BCUT2D eigenvalue weighted by Crippen LogP contribution is 2.14. The normalized spacial score (nSPS) is 9.55. The van der Waals surface area contributed by atoms with Gasteiger partial charge >= 0.3 is 6.09 Å². The monoisotopic (exact) mass is 392 g/mol. The van der Waals surface area contributed by atoms with Crippen molar-refractivity contribution in [2.45, 2.75) is 20.1 Å². The number of rotatable bonds is 6. The molecular formula is C22H24N4O3. The summed E-state index contributed by atoms with van der Waals surface area (Å²) in [5, 5.41) is 5.18. The van der Waals surface area contributed by atoms with Gasteiger partial charge in [0, 0.05) is 24.5 Å². The Bertz CT molecular complexity index is 899. The Balaban J connectivity index is 0.000000253. The number of ether oxygens (including phenoxy) is 1. The molecule has 29 heavy (non-hydrogen) atoms. The van der Waals surface area contributed by atoms with Crippen LogP contribution in [0.5, 0.6) is 0 Å². The van der Waals surface area contributed by atoms with Gasteiger partial charge in [0.25, 0.3) is 0 Å². The van der Waals surface area contributed by atoms with E-state index < -0.39 is 6.09 Å². The van der Waals surface area contributed by atoms with Gasteiger partial charge in [-0.05, 0) is 30.7 Å². The molecule has 0 saturated carbocycles. The molecule has 0 aliphatic rings. The maximum Gasteiger partial charge on any atom is 0.407 e. The van der Waals surface area contributed by atoms with Gasteiger partial charge in [0.2, 0.25) is 6.41 Å². The van der Waals surface area contributed by atoms with Crippen molar-refractivity contribution in [3.63, 3.8) is 0 Å². The van der Waals surface area contributed by atoms with E-state index in [0.717, 1.165) is 11.1 Å². The van der Waals surface area contributed by atoms with E-state index in [2.05, 4.69) is 15.6 Å². The zero-order valence-corrected chi connectivity index (χ0v) is 16.2. The number of anilines is 2. The molecule has 0 aliphatic heterocycles. The standard InChI is InChI=1S/C15H16N2O2.C7H8N2O/c1-12-4-6-13(7-5-12)10-17-15(18)19-11-14-3-2-8-16-9-14;8-6-3-1-2-4-7(6)9-5-10/h2-9H,10-11H2,1H3,(H,17,18);1-5H,8H2,(H,9,10). The summed E-state index contributed by atoms with van der Waals surface area (Å²) in [5.74, 6) is 0. The van der Waals surface area contributed by atoms with E-state index in [0.29, 0.717) is 24.3 Å². The topological polar surface area (TPSA) is 106 Å². The van der Waals surface area contributed by atoms with Crippen molar-refractivity contribution < 1.29 is 14.3 Å². The smallest absolute Gasteiger partial charge is 0.407 e. The zero-order chi connectivity index (χ0) is 20.9. The highest BCUT2D eigenvalue weighted by molar-refractivity contribution is 5.79. The number of pyridine rings is 1. The SMILES string of the molecule is Cc1ccc(CNC(=O)OCc2cccnc2)cc1.Nc1ccccc1NC=O. The number of hydrogen-bond donors (Lipinski definition) is 3. The predicted molar refractivity (Wildman–Crippen MR) is 113 cm³/mol. The number of nitrogens with one attached hydrogen (secondary N) is 2. The van der Waals surface area contributed by atoms with Crippen molar-refractivity contribution >= 4 is 23.9 Å². The van der Waals surface area contributed by atoms with Crippen molar-refractivity contribution in [2.75, 3.05) is 11.1 Å². The van der Waals surface area contributed by atoms with Gasteiger partial charge in [0.05, 0.1) is 11.4 Å². The summed E-state index contributed by atoms with van der Waals surface area (Å²) in [6.07, 6.45) is 3.53. The van der Waals surface area contributed by atoms with Crippen molar-refractivity contribution in [1.82, 2.24) is 10.3 Å². The van der Waals surface area contributed by atoms with Gasteiger partial charge in [-0.25, -0.2) is 4.79 Å². The molecule has 1 aromatic heterocycles. The van der Waals surface area contributed by atoms with Gasteiger partial charge in [0.15, 0.2) is 0 Å². The molecule has 0 bridgehead atoms. The van der Waals surface area contributed by atoms with Crippen LogP contribution in [-0.2, 0) is 22.7 Å². The number of benzene rings is 2. The van der Waals surface area contributed by atoms with Gasteiger partial charge in [-0.3, -0.25) is 9.78 Å². The highest BCUT2D eigenvalue weighted by Gasteiger charge is 2.02. The van der Waals surface area contributed by atoms with Gasteiger partial charge in [0.1, 0.15) is 6.61 Å². The van der Waals surface area contributed by atoms with Gasteiger partial charge in [-0.15, -0.1) is 0 Å². The Labute approximate surface area is 169 Å². The molecule has 3 aromatic rings. The Morgan fingerprint density at radius 2 is 1.83 bits per heavy atom. The first-order valence-corrected chi connectivity index (χ1v) is 8.98. The molecule has 1 heterocycles. The Hall–Kier alpha value is -3.87. The number of para-hydroxylation sites is 2. The third kappa shape index (κ3) is 8.13. The number of nitrogens with two attached hydrogens (primary N) is 1. The van der Waals surface area contributed by atoms with Crippen LogP contribution in [-0.4, -0.2) is 17.5 Å². The molecule has 0 saturated heterocycles. The molecule has 2 aromatic carbocycles. The Morgan fingerprint density at radius 3 is 2.48 bits per heavy atom. The summed E-state index contributed by atoms with van der Waals surface area (Å²) in [6.45, 7) is 2.72. The molecule has 0 spiro atoms. The molecule has 0 atom stereocenters. The van der Waals surface area contributed by atoms with Crippen LogP contribution < -0.4 is 16.4 Å². The van der Waals surface area contributed by atoms with Crippen LogP contribution in [0.4, 0.5) is 16.2 Å². The molecule has 4 N–H and O–H groups in total. The first kappa shape index (κ1) is 21.4. The summed E-state index contributed by atoms with van der Waals surface area (Å²) in [7, 11) is 0. The van der Waals surface area contributed by atoms with E-state index in [1.807, 2.05) is 55.5 Å². The van der Waals surface area contributed by atoms with Gasteiger partial charge in [-0.2, -0.15) is 0 Å². The summed E-state index contributed by atoms with van der Waals surface area (Å²) in [5.41, 5.74) is 9.82. The number of aryl methyl sites for hydroxylation is 1. The molecule has 0 unspecified atom stereocenters. The Morgan fingerprint density at radius 1 is 1.07 bits per heavy atom. The van der Waals surface area contributed by atoms with Crippen molar-refractivity contribution in [3.05, 3.63) is 89.7 Å². The van der Waals surface area contributed by atoms with E-state index in [4.69, 9.17) is 10.5 Å². The largest absolute Gasteiger partial charge is 0.445 e. The van der Waals surface area contributed by atoms with E-state index in [1.54, 1.807) is 24.5 Å². The second-order valence-electron chi connectivity index (χ2n) is 6.13. The maximum atomic E-state index is 11.5. The molecule has 0 aliphatic carbocycles. The maximum absolute atomic E-state index is 11.5. The fraction of sp³-hybridized carbons (Fsp3) is 0.136. The zero-order valence-electron chi connectivity index (χ0n) is 16.2. The van der Waals surface area contributed by atoms with E-state index in [9.17, 15) is 9.59 Å². The molecule has 7 nitrogen and oxygen atoms in total. The number of carbonyl (C=O) groups excluding carboxylic acids is 2. The summed E-state index contributed by atoms with van der Waals surface area (Å²) >= 11 is 0. The number of alkyl carbamates (subject to hydrolysis) is 1. The number of amides is 2. The second-order valence-corrected chi connectivity index (χ2v) is 6.13. The van der Waals surface area contributed by atoms with Crippen LogP contribution >= 0.6 is 0 Å². The fourth-order valence-electron chi connectivity index (χ4n) is 2.26. The lowest BCUT2D eigenvalue weighted by Gasteiger charge is -2.07. The summed E-state index contributed by atoms with van der Waals surface area (Å²) in [6, 6.07) is 18.7. The van der Waals surface area contributed by atoms with Crippen molar-refractivity contribution in [1.29, 1.82) is 0 Å². The minimum atomic E-state index is -0.426. The second kappa shape index (κ2) is 11.8. The molecule has 0 fully saturated rings. The summed E-state index contributed by atoms with van der Waals surface area (Å²) < 4.78 is 5.08. The predicted octanol–water partition coefficient (Wildman–Crippen LogP) is 3.65. The number of hydrogen-bond acceptors (Lipinski definition) is 5. The third-order valence-corrected chi connectivity index (χ3v) is 3.83. The lowest BCUT2D eigenvalue weighted by atomic mass is 10.1. The molecule has 3 rings (SSSR count). The summed E-state index contributed by atoms with van der Waals surface area (Å²) in [4.78, 5) is 25.4. The van der Waals surface area contributed by atoms with E-state index >= 15 is 0 Å². The fourth-order valence-corrected chi connectivity index (χ4v) is 2.26. The van der Waals surface area contributed by atoms with Gasteiger partial charge in [-0.1, -0.05) is 48.0 Å². The number of carbonyl (C=O) groups is 2. The van der Waals surface area contributed by atoms with E-state index in [1.165, 1.54) is 5.56 Å². The van der Waals surface area contributed by atoms with Crippen molar-refractivity contribution in [3.8, 4) is 0 Å². The van der Waals surface area contributed by atoms with Crippen LogP contribution in [0.1, 0.15) is 16.7 Å². The Kier molecular flexibility index (Phi) is 8.69. The molecule has 150 valence electrons. The average molecular weight is 392 g/mol. The molecule has 7 heteroatoms. The lowest BCUT2D eigenvalue weighted by molar-refractivity contribution is -0.105. The van der Waals surface area contributed by atoms with Gasteiger partial charge < -0.3 is 21.1 Å². The quantitative estimate of drug-likeness (QED) is 0.438. The third-order valence-electron chi connectivity index (χ3n) is 3.83. The molecule has 2 amide bonds. The first-order chi connectivity index (χ1) is 14.1. The van der Waals surface area contributed by atoms with Crippen LogP contribution in [0, 0.1) is 6.92 Å². The molecule has 0 radical (unpaired) electrons. The van der Waals surface area contributed by atoms with Crippen LogP contribution in [0.3, 0.4) is 0 Å². The highest BCUT2D eigenvalue weighted by atomic mass is 16.5. The van der Waals surface area contributed by atoms with Crippen LogP contribution in [0.25, 0.3) is 0 Å².